The molecule has 0 saturated heterocycles. The maximum absolute atomic E-state index is 9.95. The van der Waals surface area contributed by atoms with E-state index in [1.807, 2.05) is 0 Å². The van der Waals surface area contributed by atoms with Gasteiger partial charge in [-0.2, -0.15) is 0 Å². The van der Waals surface area contributed by atoms with E-state index in [0.29, 0.717) is 0 Å². The van der Waals surface area contributed by atoms with Crippen LogP contribution >= 0.6 is 0 Å². The largest absolute Gasteiger partial charge is 0.393 e. The van der Waals surface area contributed by atoms with E-state index in [-0.39, 0.29) is 6.10 Å². The first kappa shape index (κ1) is 21.0. The quantitative estimate of drug-likeness (QED) is 0.292. The van der Waals surface area contributed by atoms with E-state index in [1.165, 1.54) is 89.9 Å². The standard InChI is InChI=1S/C20H41O/c1-3-5-7-9-11-13-15-17-19-20(21)18-16-14-12-10-8-6-4-2/h20-21H,2-19H2,1H3. The molecule has 0 aliphatic carbocycles. The summed E-state index contributed by atoms with van der Waals surface area (Å²) < 4.78 is 0. The van der Waals surface area contributed by atoms with Crippen molar-refractivity contribution in [1.29, 1.82) is 0 Å². The van der Waals surface area contributed by atoms with Crippen molar-refractivity contribution in [3.63, 3.8) is 0 Å². The molecule has 127 valence electrons. The molecular weight excluding hydrogens is 256 g/mol. The summed E-state index contributed by atoms with van der Waals surface area (Å²) >= 11 is 0. The molecule has 1 atom stereocenters. The molecule has 0 fully saturated rings. The minimum atomic E-state index is -0.0371. The first-order valence-corrected chi connectivity index (χ1v) is 9.78. The minimum absolute atomic E-state index is 0.0371. The number of rotatable bonds is 17. The molecule has 21 heavy (non-hydrogen) atoms. The van der Waals surface area contributed by atoms with E-state index in [4.69, 9.17) is 0 Å². The highest BCUT2D eigenvalue weighted by Gasteiger charge is 2.03. The highest BCUT2D eigenvalue weighted by Crippen LogP contribution is 2.14. The van der Waals surface area contributed by atoms with Crippen LogP contribution in [0.3, 0.4) is 0 Å². The molecule has 1 nitrogen and oxygen atoms in total. The second-order valence-corrected chi connectivity index (χ2v) is 6.68. The van der Waals surface area contributed by atoms with Crippen LogP contribution in [0.25, 0.3) is 0 Å². The third-order valence-electron chi connectivity index (χ3n) is 4.43. The van der Waals surface area contributed by atoms with E-state index in [9.17, 15) is 5.11 Å². The van der Waals surface area contributed by atoms with Crippen molar-refractivity contribution in [3.8, 4) is 0 Å². The Balaban J connectivity index is 3.11. The Morgan fingerprint density at radius 1 is 0.619 bits per heavy atom. The molecule has 0 aromatic heterocycles. The van der Waals surface area contributed by atoms with Gasteiger partial charge in [0.15, 0.2) is 0 Å². The van der Waals surface area contributed by atoms with Crippen LogP contribution in [0.4, 0.5) is 0 Å². The second-order valence-electron chi connectivity index (χ2n) is 6.68. The first-order chi connectivity index (χ1) is 10.3. The summed E-state index contributed by atoms with van der Waals surface area (Å²) in [6.07, 6.45) is 21.7. The number of aliphatic hydroxyl groups excluding tert-OH is 1. The molecule has 0 heterocycles. The average Bonchev–Trinajstić information content (AvgIpc) is 2.49. The van der Waals surface area contributed by atoms with Crippen molar-refractivity contribution in [3.05, 3.63) is 6.92 Å². The Morgan fingerprint density at radius 2 is 1.00 bits per heavy atom. The molecule has 0 bridgehead atoms. The maximum Gasteiger partial charge on any atom is 0.0540 e. The van der Waals surface area contributed by atoms with E-state index in [0.717, 1.165) is 19.3 Å². The fourth-order valence-electron chi connectivity index (χ4n) is 2.92. The fraction of sp³-hybridized carbons (Fsp3) is 0.950. The van der Waals surface area contributed by atoms with Crippen LogP contribution < -0.4 is 0 Å². The predicted octanol–water partition coefficient (Wildman–Crippen LogP) is 6.83. The summed E-state index contributed by atoms with van der Waals surface area (Å²) in [6.45, 7) is 6.14. The van der Waals surface area contributed by atoms with Gasteiger partial charge in [-0.1, -0.05) is 110 Å². The predicted molar refractivity (Wildman–Crippen MR) is 95.5 cm³/mol. The molecule has 0 aliphatic heterocycles. The van der Waals surface area contributed by atoms with Gasteiger partial charge in [0, 0.05) is 0 Å². The molecule has 1 heteroatoms. The molecule has 1 unspecified atom stereocenters. The zero-order valence-corrected chi connectivity index (χ0v) is 14.8. The lowest BCUT2D eigenvalue weighted by Crippen LogP contribution is -2.05. The summed E-state index contributed by atoms with van der Waals surface area (Å²) in [7, 11) is 0. The normalized spacial score (nSPS) is 12.7. The third kappa shape index (κ3) is 17.9. The van der Waals surface area contributed by atoms with Gasteiger partial charge in [0.25, 0.3) is 0 Å². The molecule has 1 N–H and O–H groups in total. The van der Waals surface area contributed by atoms with Crippen LogP contribution in [0, 0.1) is 6.92 Å². The molecule has 0 aromatic rings. The smallest absolute Gasteiger partial charge is 0.0540 e. The van der Waals surface area contributed by atoms with Crippen LogP contribution in [0.2, 0.25) is 0 Å². The molecule has 0 saturated carbocycles. The summed E-state index contributed by atoms with van der Waals surface area (Å²) in [5.74, 6) is 0. The van der Waals surface area contributed by atoms with Crippen molar-refractivity contribution in [1.82, 2.24) is 0 Å². The van der Waals surface area contributed by atoms with Crippen LogP contribution in [-0.4, -0.2) is 11.2 Å². The van der Waals surface area contributed by atoms with Gasteiger partial charge >= 0.3 is 0 Å². The molecule has 1 radical (unpaired) electrons. The molecule has 0 rings (SSSR count). The van der Waals surface area contributed by atoms with Gasteiger partial charge in [-0.15, -0.1) is 0 Å². The van der Waals surface area contributed by atoms with Crippen molar-refractivity contribution >= 4 is 0 Å². The Morgan fingerprint density at radius 3 is 1.43 bits per heavy atom. The molecular formula is C20H41O. The van der Waals surface area contributed by atoms with Gasteiger partial charge in [0.1, 0.15) is 0 Å². The topological polar surface area (TPSA) is 20.2 Å². The monoisotopic (exact) mass is 297 g/mol. The summed E-state index contributed by atoms with van der Waals surface area (Å²) in [6, 6.07) is 0. The minimum Gasteiger partial charge on any atom is -0.393 e. The number of hydrogen-bond acceptors (Lipinski definition) is 1. The number of aliphatic hydroxyl groups is 1. The van der Waals surface area contributed by atoms with Crippen molar-refractivity contribution in [2.75, 3.05) is 0 Å². The summed E-state index contributed by atoms with van der Waals surface area (Å²) in [4.78, 5) is 0. The lowest BCUT2D eigenvalue weighted by molar-refractivity contribution is 0.147. The molecule has 0 aliphatic rings. The first-order valence-electron chi connectivity index (χ1n) is 9.78. The fourth-order valence-corrected chi connectivity index (χ4v) is 2.92. The Labute approximate surface area is 134 Å². The van der Waals surface area contributed by atoms with Gasteiger partial charge in [0.2, 0.25) is 0 Å². The molecule has 0 aromatic carbocycles. The van der Waals surface area contributed by atoms with Crippen LogP contribution in [0.1, 0.15) is 116 Å². The van der Waals surface area contributed by atoms with E-state index < -0.39 is 0 Å². The van der Waals surface area contributed by atoms with Gasteiger partial charge in [-0.25, -0.2) is 0 Å². The van der Waals surface area contributed by atoms with Crippen molar-refractivity contribution in [2.24, 2.45) is 0 Å². The van der Waals surface area contributed by atoms with Crippen LogP contribution in [-0.2, 0) is 0 Å². The van der Waals surface area contributed by atoms with Gasteiger partial charge in [-0.05, 0) is 12.8 Å². The third-order valence-corrected chi connectivity index (χ3v) is 4.43. The number of hydrogen-bond donors (Lipinski definition) is 1. The summed E-state index contributed by atoms with van der Waals surface area (Å²) in [5.41, 5.74) is 0. The van der Waals surface area contributed by atoms with E-state index in [2.05, 4.69) is 13.8 Å². The Bertz CT molecular complexity index is 179. The zero-order valence-electron chi connectivity index (χ0n) is 14.8. The van der Waals surface area contributed by atoms with Crippen molar-refractivity contribution < 1.29 is 5.11 Å². The summed E-state index contributed by atoms with van der Waals surface area (Å²) in [5, 5.41) is 9.95. The number of unbranched alkanes of at least 4 members (excludes halogenated alkanes) is 13. The highest BCUT2D eigenvalue weighted by atomic mass is 16.3. The van der Waals surface area contributed by atoms with Gasteiger partial charge in [-0.3, -0.25) is 0 Å². The average molecular weight is 298 g/mol. The lowest BCUT2D eigenvalue weighted by Gasteiger charge is -2.10. The Hall–Kier alpha value is -0.0400. The maximum atomic E-state index is 9.95. The zero-order chi connectivity index (χ0) is 15.6. The second kappa shape index (κ2) is 18.0. The molecule has 0 amide bonds. The lowest BCUT2D eigenvalue weighted by atomic mass is 10.0. The SMILES string of the molecule is [CH2]CCCCCCCCC(O)CCCCCCCCCC. The van der Waals surface area contributed by atoms with E-state index in [1.54, 1.807) is 0 Å². The Kier molecular flexibility index (Phi) is 18.0. The van der Waals surface area contributed by atoms with Crippen LogP contribution in [0.15, 0.2) is 0 Å². The molecule has 0 spiro atoms. The van der Waals surface area contributed by atoms with Gasteiger partial charge in [0.05, 0.1) is 6.10 Å². The van der Waals surface area contributed by atoms with Crippen molar-refractivity contribution in [2.45, 2.75) is 122 Å². The van der Waals surface area contributed by atoms with Gasteiger partial charge < -0.3 is 5.11 Å². The van der Waals surface area contributed by atoms with Crippen LogP contribution in [0.5, 0.6) is 0 Å². The van der Waals surface area contributed by atoms with E-state index >= 15 is 0 Å². The highest BCUT2D eigenvalue weighted by molar-refractivity contribution is 4.57.